The first-order valence-electron chi connectivity index (χ1n) is 6.99. The lowest BCUT2D eigenvalue weighted by Gasteiger charge is -2.52. The number of hydrogen-bond donors (Lipinski definition) is 1. The van der Waals surface area contributed by atoms with Gasteiger partial charge in [0.1, 0.15) is 5.82 Å². The maximum absolute atomic E-state index is 13.8. The van der Waals surface area contributed by atoms with E-state index in [0.29, 0.717) is 16.8 Å². The molecule has 0 atom stereocenters. The summed E-state index contributed by atoms with van der Waals surface area (Å²) < 4.78 is 13.8. The van der Waals surface area contributed by atoms with Gasteiger partial charge in [-0.2, -0.15) is 0 Å². The van der Waals surface area contributed by atoms with Crippen LogP contribution in [0.15, 0.2) is 18.2 Å². The number of nitrogen functional groups attached to an aromatic ring is 1. The molecule has 18 heavy (non-hydrogen) atoms. The van der Waals surface area contributed by atoms with E-state index in [2.05, 4.69) is 4.90 Å². The second-order valence-electron chi connectivity index (χ2n) is 5.95. The Kier molecular flexibility index (Phi) is 2.92. The van der Waals surface area contributed by atoms with Crippen LogP contribution in [0.25, 0.3) is 0 Å². The van der Waals surface area contributed by atoms with Crippen LogP contribution in [0.2, 0.25) is 0 Å². The zero-order valence-electron chi connectivity index (χ0n) is 10.8. The lowest BCUT2D eigenvalue weighted by atomic mass is 9.73. The molecule has 0 aromatic heterocycles. The van der Waals surface area contributed by atoms with E-state index in [4.69, 9.17) is 5.73 Å². The number of nitrogens with two attached hydrogens (primary N) is 1. The molecule has 2 aliphatic rings. The van der Waals surface area contributed by atoms with Crippen molar-refractivity contribution in [3.63, 3.8) is 0 Å². The molecule has 0 amide bonds. The van der Waals surface area contributed by atoms with Gasteiger partial charge in [-0.05, 0) is 25.0 Å². The maximum atomic E-state index is 13.8. The molecule has 1 saturated carbocycles. The Morgan fingerprint density at radius 2 is 1.72 bits per heavy atom. The fraction of sp³-hybridized carbons (Fsp3) is 0.600. The van der Waals surface area contributed by atoms with Gasteiger partial charge in [0.05, 0.1) is 11.4 Å². The minimum Gasteiger partial charge on any atom is -0.397 e. The van der Waals surface area contributed by atoms with Crippen LogP contribution in [-0.2, 0) is 0 Å². The molecule has 98 valence electrons. The smallest absolute Gasteiger partial charge is 0.148 e. The standard InChI is InChI=1S/C15H21FN2/c16-12-6-5-7-13(17)14(12)18-10-15(11-18)8-3-1-2-4-9-15/h5-7H,1-4,8-11,17H2. The van der Waals surface area contributed by atoms with Crippen LogP contribution in [0, 0.1) is 11.2 Å². The van der Waals surface area contributed by atoms with Crippen LogP contribution in [0.3, 0.4) is 0 Å². The summed E-state index contributed by atoms with van der Waals surface area (Å²) in [5.74, 6) is -0.182. The van der Waals surface area contributed by atoms with E-state index in [1.54, 1.807) is 12.1 Å². The Bertz CT molecular complexity index is 408. The van der Waals surface area contributed by atoms with Crippen molar-refractivity contribution in [1.82, 2.24) is 0 Å². The third kappa shape index (κ3) is 1.96. The number of para-hydroxylation sites is 1. The average molecular weight is 248 g/mol. The van der Waals surface area contributed by atoms with Crippen molar-refractivity contribution in [1.29, 1.82) is 0 Å². The molecule has 1 aromatic rings. The quantitative estimate of drug-likeness (QED) is 0.770. The summed E-state index contributed by atoms with van der Waals surface area (Å²) in [4.78, 5) is 2.12. The van der Waals surface area contributed by atoms with Gasteiger partial charge >= 0.3 is 0 Å². The molecule has 1 aromatic carbocycles. The normalized spacial score (nSPS) is 22.6. The Labute approximate surface area is 108 Å². The summed E-state index contributed by atoms with van der Waals surface area (Å²) in [7, 11) is 0. The van der Waals surface area contributed by atoms with E-state index in [1.807, 2.05) is 0 Å². The highest BCUT2D eigenvalue weighted by Crippen LogP contribution is 2.46. The summed E-state index contributed by atoms with van der Waals surface area (Å²) in [6.45, 7) is 1.97. The highest BCUT2D eigenvalue weighted by atomic mass is 19.1. The van der Waals surface area contributed by atoms with Crippen LogP contribution >= 0.6 is 0 Å². The first kappa shape index (κ1) is 11.8. The van der Waals surface area contributed by atoms with Gasteiger partial charge < -0.3 is 10.6 Å². The van der Waals surface area contributed by atoms with Gasteiger partial charge in [-0.15, -0.1) is 0 Å². The second kappa shape index (κ2) is 4.45. The molecule has 2 fully saturated rings. The maximum Gasteiger partial charge on any atom is 0.148 e. The van der Waals surface area contributed by atoms with E-state index in [-0.39, 0.29) is 5.82 Å². The fourth-order valence-electron chi connectivity index (χ4n) is 3.58. The third-order valence-corrected chi connectivity index (χ3v) is 4.55. The SMILES string of the molecule is Nc1cccc(F)c1N1CC2(CCCCCC2)C1. The molecule has 3 heteroatoms. The Balaban J connectivity index is 1.74. The van der Waals surface area contributed by atoms with Crippen LogP contribution in [0.4, 0.5) is 15.8 Å². The molecular formula is C15H21FN2. The Morgan fingerprint density at radius 1 is 1.06 bits per heavy atom. The van der Waals surface area contributed by atoms with E-state index < -0.39 is 0 Å². The molecule has 2 nitrogen and oxygen atoms in total. The summed E-state index contributed by atoms with van der Waals surface area (Å²) in [6, 6.07) is 4.97. The van der Waals surface area contributed by atoms with E-state index in [9.17, 15) is 4.39 Å². The lowest BCUT2D eigenvalue weighted by molar-refractivity contribution is 0.179. The molecule has 1 heterocycles. The Morgan fingerprint density at radius 3 is 2.33 bits per heavy atom. The number of benzene rings is 1. The number of nitrogens with zero attached hydrogens (tertiary/aromatic N) is 1. The minimum atomic E-state index is -0.182. The summed E-state index contributed by atoms with van der Waals surface area (Å²) >= 11 is 0. The largest absolute Gasteiger partial charge is 0.397 e. The number of rotatable bonds is 1. The van der Waals surface area contributed by atoms with Gasteiger partial charge in [-0.3, -0.25) is 0 Å². The summed E-state index contributed by atoms with van der Waals surface area (Å²) in [6.07, 6.45) is 8.00. The van der Waals surface area contributed by atoms with Crippen molar-refractivity contribution in [2.24, 2.45) is 5.41 Å². The monoisotopic (exact) mass is 248 g/mol. The minimum absolute atomic E-state index is 0.182. The van der Waals surface area contributed by atoms with E-state index in [0.717, 1.165) is 13.1 Å². The number of hydrogen-bond acceptors (Lipinski definition) is 2. The van der Waals surface area contributed by atoms with Crippen LogP contribution in [0.1, 0.15) is 38.5 Å². The molecule has 1 aliphatic carbocycles. The molecule has 1 spiro atoms. The van der Waals surface area contributed by atoms with E-state index in [1.165, 1.54) is 44.6 Å². The first-order valence-corrected chi connectivity index (χ1v) is 6.99. The predicted molar refractivity (Wildman–Crippen MR) is 73.2 cm³/mol. The van der Waals surface area contributed by atoms with Gasteiger partial charge in [0, 0.05) is 18.5 Å². The number of halogens is 1. The molecule has 2 N–H and O–H groups in total. The molecule has 0 bridgehead atoms. The van der Waals surface area contributed by atoms with Crippen molar-refractivity contribution < 1.29 is 4.39 Å². The second-order valence-corrected chi connectivity index (χ2v) is 5.95. The van der Waals surface area contributed by atoms with Crippen molar-refractivity contribution in [2.75, 3.05) is 23.7 Å². The van der Waals surface area contributed by atoms with Crippen molar-refractivity contribution in [3.8, 4) is 0 Å². The summed E-state index contributed by atoms with van der Waals surface area (Å²) in [5.41, 5.74) is 7.53. The van der Waals surface area contributed by atoms with Crippen LogP contribution in [0.5, 0.6) is 0 Å². The first-order chi connectivity index (χ1) is 8.70. The highest BCUT2D eigenvalue weighted by Gasteiger charge is 2.43. The van der Waals surface area contributed by atoms with Crippen LogP contribution in [-0.4, -0.2) is 13.1 Å². The predicted octanol–water partition coefficient (Wildman–Crippen LogP) is 3.57. The van der Waals surface area contributed by atoms with Crippen molar-refractivity contribution >= 4 is 11.4 Å². The molecule has 1 saturated heterocycles. The van der Waals surface area contributed by atoms with Gasteiger partial charge in [0.25, 0.3) is 0 Å². The zero-order valence-corrected chi connectivity index (χ0v) is 10.8. The summed E-state index contributed by atoms with van der Waals surface area (Å²) in [5, 5.41) is 0. The highest BCUT2D eigenvalue weighted by molar-refractivity contribution is 5.69. The van der Waals surface area contributed by atoms with Gasteiger partial charge in [0.15, 0.2) is 0 Å². The molecule has 3 rings (SSSR count). The zero-order chi connectivity index (χ0) is 12.6. The van der Waals surface area contributed by atoms with Gasteiger partial charge in [-0.1, -0.05) is 31.7 Å². The van der Waals surface area contributed by atoms with Crippen molar-refractivity contribution in [3.05, 3.63) is 24.0 Å². The Hall–Kier alpha value is -1.25. The van der Waals surface area contributed by atoms with Gasteiger partial charge in [-0.25, -0.2) is 4.39 Å². The third-order valence-electron chi connectivity index (χ3n) is 4.55. The van der Waals surface area contributed by atoms with E-state index >= 15 is 0 Å². The number of anilines is 2. The van der Waals surface area contributed by atoms with Crippen LogP contribution < -0.4 is 10.6 Å². The van der Waals surface area contributed by atoms with Gasteiger partial charge in [0.2, 0.25) is 0 Å². The topological polar surface area (TPSA) is 29.3 Å². The average Bonchev–Trinajstić information content (AvgIpc) is 2.53. The molecule has 1 aliphatic heterocycles. The molecule has 0 unspecified atom stereocenters. The molecular weight excluding hydrogens is 227 g/mol. The fourth-order valence-corrected chi connectivity index (χ4v) is 3.58. The lowest BCUT2D eigenvalue weighted by Crippen LogP contribution is -2.56. The van der Waals surface area contributed by atoms with Crippen molar-refractivity contribution in [2.45, 2.75) is 38.5 Å². The molecule has 0 radical (unpaired) electrons.